The Hall–Kier alpha value is -1.70. The number of halogens is 5. The topological polar surface area (TPSA) is 46.5 Å². The second-order valence-electron chi connectivity index (χ2n) is 5.88. The minimum absolute atomic E-state index is 0.251. The number of rotatable bonds is 6. The largest absolute Gasteiger partial charge is 0.496 e. The van der Waals surface area contributed by atoms with Gasteiger partial charge in [0.2, 0.25) is 0 Å². The average molecular weight is 340 g/mol. The summed E-state index contributed by atoms with van der Waals surface area (Å²) in [5.74, 6) is -5.33. The standard InChI is InChI=1S/C15H17F5O3/c1-12(2,10-6-4-5-7-11(10)23-3)8-13(22,9-21)14(16,17)15(18,19)20/h4-7,9,22H,8H2,1-3H3. The number of aliphatic hydroxyl groups is 1. The molecular weight excluding hydrogens is 323 g/mol. The number of methoxy groups -OCH3 is 1. The zero-order valence-corrected chi connectivity index (χ0v) is 12.7. The van der Waals surface area contributed by atoms with E-state index in [-0.39, 0.29) is 5.75 Å². The maximum atomic E-state index is 13.6. The van der Waals surface area contributed by atoms with Crippen molar-refractivity contribution in [3.05, 3.63) is 29.8 Å². The molecule has 0 aliphatic carbocycles. The summed E-state index contributed by atoms with van der Waals surface area (Å²) >= 11 is 0. The third-order valence-corrected chi connectivity index (χ3v) is 3.64. The van der Waals surface area contributed by atoms with Gasteiger partial charge in [0.25, 0.3) is 0 Å². The summed E-state index contributed by atoms with van der Waals surface area (Å²) in [7, 11) is 1.31. The zero-order valence-electron chi connectivity index (χ0n) is 12.7. The summed E-state index contributed by atoms with van der Waals surface area (Å²) in [5.41, 5.74) is -4.99. The van der Waals surface area contributed by atoms with Crippen LogP contribution in [0.5, 0.6) is 5.75 Å². The minimum Gasteiger partial charge on any atom is -0.496 e. The molecule has 1 aromatic carbocycles. The van der Waals surface area contributed by atoms with E-state index in [1.54, 1.807) is 12.1 Å². The minimum atomic E-state index is -6.06. The highest BCUT2D eigenvalue weighted by molar-refractivity contribution is 5.65. The summed E-state index contributed by atoms with van der Waals surface area (Å²) < 4.78 is 69.8. The van der Waals surface area contributed by atoms with Gasteiger partial charge >= 0.3 is 12.1 Å². The number of hydrogen-bond acceptors (Lipinski definition) is 3. The van der Waals surface area contributed by atoms with Crippen LogP contribution in [0.15, 0.2) is 24.3 Å². The van der Waals surface area contributed by atoms with E-state index in [4.69, 9.17) is 4.74 Å². The number of carbonyl (C=O) groups excluding carboxylic acids is 1. The summed E-state index contributed by atoms with van der Waals surface area (Å²) in [5, 5.41) is 9.77. The van der Waals surface area contributed by atoms with Crippen molar-refractivity contribution in [2.24, 2.45) is 0 Å². The van der Waals surface area contributed by atoms with Crippen LogP contribution in [0.25, 0.3) is 0 Å². The highest BCUT2D eigenvalue weighted by Gasteiger charge is 2.70. The maximum absolute atomic E-state index is 13.6. The predicted octanol–water partition coefficient (Wildman–Crippen LogP) is 3.49. The molecule has 23 heavy (non-hydrogen) atoms. The van der Waals surface area contributed by atoms with E-state index in [0.29, 0.717) is 5.56 Å². The molecule has 1 unspecified atom stereocenters. The maximum Gasteiger partial charge on any atom is 0.456 e. The molecule has 0 aliphatic rings. The van der Waals surface area contributed by atoms with Crippen LogP contribution in [-0.2, 0) is 10.2 Å². The van der Waals surface area contributed by atoms with Crippen molar-refractivity contribution in [1.82, 2.24) is 0 Å². The van der Waals surface area contributed by atoms with Gasteiger partial charge in [-0.15, -0.1) is 0 Å². The summed E-state index contributed by atoms with van der Waals surface area (Å²) in [6, 6.07) is 6.10. The Kier molecular flexibility index (Phi) is 5.10. The third kappa shape index (κ3) is 3.46. The fourth-order valence-electron chi connectivity index (χ4n) is 2.44. The fraction of sp³-hybridized carbons (Fsp3) is 0.533. The molecule has 0 aromatic heterocycles. The molecule has 0 aliphatic heterocycles. The number of benzene rings is 1. The van der Waals surface area contributed by atoms with Crippen LogP contribution in [0.2, 0.25) is 0 Å². The van der Waals surface area contributed by atoms with Crippen LogP contribution in [0.1, 0.15) is 25.8 Å². The third-order valence-electron chi connectivity index (χ3n) is 3.64. The molecule has 1 aromatic rings. The van der Waals surface area contributed by atoms with Crippen molar-refractivity contribution >= 4 is 6.29 Å². The summed E-state index contributed by atoms with van der Waals surface area (Å²) in [6.07, 6.45) is -7.95. The van der Waals surface area contributed by atoms with E-state index in [1.165, 1.54) is 33.1 Å². The molecular formula is C15H17F5O3. The predicted molar refractivity (Wildman–Crippen MR) is 72.7 cm³/mol. The van der Waals surface area contributed by atoms with Crippen molar-refractivity contribution < 1.29 is 36.6 Å². The van der Waals surface area contributed by atoms with Gasteiger partial charge in [-0.05, 0) is 23.5 Å². The summed E-state index contributed by atoms with van der Waals surface area (Å²) in [6.45, 7) is 2.68. The highest BCUT2D eigenvalue weighted by Crippen LogP contribution is 2.48. The normalized spacial score (nSPS) is 15.9. The SMILES string of the molecule is COc1ccccc1C(C)(C)CC(O)(C=O)C(F)(F)C(F)(F)F. The smallest absolute Gasteiger partial charge is 0.456 e. The Morgan fingerprint density at radius 3 is 2.09 bits per heavy atom. The lowest BCUT2D eigenvalue weighted by Gasteiger charge is -2.38. The first-order chi connectivity index (χ1) is 10.3. The van der Waals surface area contributed by atoms with E-state index in [1.807, 2.05) is 0 Å². The van der Waals surface area contributed by atoms with Gasteiger partial charge in [0.15, 0.2) is 11.9 Å². The zero-order chi connectivity index (χ0) is 18.1. The number of carbonyl (C=O) groups is 1. The first-order valence-electron chi connectivity index (χ1n) is 6.59. The van der Waals surface area contributed by atoms with Gasteiger partial charge in [-0.3, -0.25) is 4.79 Å². The molecule has 1 rings (SSSR count). The van der Waals surface area contributed by atoms with Gasteiger partial charge in [0, 0.05) is 0 Å². The van der Waals surface area contributed by atoms with Crippen molar-refractivity contribution in [1.29, 1.82) is 0 Å². The quantitative estimate of drug-likeness (QED) is 0.637. The van der Waals surface area contributed by atoms with Gasteiger partial charge in [-0.25, -0.2) is 0 Å². The van der Waals surface area contributed by atoms with Crippen molar-refractivity contribution in [2.45, 2.75) is 43.4 Å². The van der Waals surface area contributed by atoms with E-state index < -0.39 is 35.8 Å². The van der Waals surface area contributed by atoms with E-state index in [0.717, 1.165) is 0 Å². The number of ether oxygens (including phenoxy) is 1. The van der Waals surface area contributed by atoms with Crippen LogP contribution in [0.3, 0.4) is 0 Å². The first kappa shape index (κ1) is 19.3. The Labute approximate surface area is 130 Å². The van der Waals surface area contributed by atoms with Crippen LogP contribution in [-0.4, -0.2) is 36.2 Å². The van der Waals surface area contributed by atoms with Gasteiger partial charge in [-0.2, -0.15) is 22.0 Å². The number of para-hydroxylation sites is 1. The molecule has 0 saturated heterocycles. The molecule has 0 spiro atoms. The molecule has 0 saturated carbocycles. The Balaban J connectivity index is 3.32. The van der Waals surface area contributed by atoms with E-state index in [2.05, 4.69) is 0 Å². The van der Waals surface area contributed by atoms with E-state index >= 15 is 0 Å². The molecule has 0 heterocycles. The molecule has 3 nitrogen and oxygen atoms in total. The fourth-order valence-corrected chi connectivity index (χ4v) is 2.44. The van der Waals surface area contributed by atoms with Crippen LogP contribution >= 0.6 is 0 Å². The molecule has 1 atom stereocenters. The molecule has 0 radical (unpaired) electrons. The molecule has 130 valence electrons. The van der Waals surface area contributed by atoms with Gasteiger partial charge < -0.3 is 9.84 Å². The Bertz CT molecular complexity index is 568. The van der Waals surface area contributed by atoms with Crippen molar-refractivity contribution in [2.75, 3.05) is 7.11 Å². The van der Waals surface area contributed by atoms with E-state index in [9.17, 15) is 31.9 Å². The van der Waals surface area contributed by atoms with Crippen LogP contribution in [0.4, 0.5) is 22.0 Å². The molecule has 1 N–H and O–H groups in total. The number of hydrogen-bond donors (Lipinski definition) is 1. The summed E-state index contributed by atoms with van der Waals surface area (Å²) in [4.78, 5) is 10.9. The average Bonchev–Trinajstić information content (AvgIpc) is 2.45. The first-order valence-corrected chi connectivity index (χ1v) is 6.59. The molecule has 0 fully saturated rings. The van der Waals surface area contributed by atoms with Crippen LogP contribution < -0.4 is 4.74 Å². The lowest BCUT2D eigenvalue weighted by molar-refractivity contribution is -0.333. The second-order valence-corrected chi connectivity index (χ2v) is 5.88. The Morgan fingerprint density at radius 2 is 1.65 bits per heavy atom. The lowest BCUT2D eigenvalue weighted by atomic mass is 9.73. The number of alkyl halides is 5. The van der Waals surface area contributed by atoms with Gasteiger partial charge in [0.05, 0.1) is 7.11 Å². The molecule has 0 amide bonds. The van der Waals surface area contributed by atoms with Crippen molar-refractivity contribution in [3.63, 3.8) is 0 Å². The Morgan fingerprint density at radius 1 is 1.13 bits per heavy atom. The molecule has 8 heteroatoms. The second kappa shape index (κ2) is 6.07. The highest BCUT2D eigenvalue weighted by atomic mass is 19.4. The van der Waals surface area contributed by atoms with Crippen molar-refractivity contribution in [3.8, 4) is 5.75 Å². The lowest BCUT2D eigenvalue weighted by Crippen LogP contribution is -2.60. The van der Waals surface area contributed by atoms with Crippen LogP contribution in [0, 0.1) is 0 Å². The number of aldehydes is 1. The monoisotopic (exact) mass is 340 g/mol. The molecule has 0 bridgehead atoms. The van der Waals surface area contributed by atoms with Gasteiger partial charge in [-0.1, -0.05) is 32.0 Å². The van der Waals surface area contributed by atoms with Gasteiger partial charge in [0.1, 0.15) is 5.75 Å².